The zero-order valence-electron chi connectivity index (χ0n) is 15.9. The molecule has 4 rings (SSSR count). The Morgan fingerprint density at radius 3 is 2.74 bits per heavy atom. The van der Waals surface area contributed by atoms with Gasteiger partial charge in [0.1, 0.15) is 11.9 Å². The quantitative estimate of drug-likeness (QED) is 0.835. The topological polar surface area (TPSA) is 64.5 Å². The average Bonchev–Trinajstić information content (AvgIpc) is 2.67. The summed E-state index contributed by atoms with van der Waals surface area (Å²) in [4.78, 5) is 23.5. The van der Waals surface area contributed by atoms with Gasteiger partial charge in [0.25, 0.3) is 5.91 Å². The van der Waals surface area contributed by atoms with Gasteiger partial charge in [-0.15, -0.1) is 0 Å². The molecule has 1 saturated heterocycles. The first kappa shape index (κ1) is 17.9. The molecule has 0 spiro atoms. The first-order valence-corrected chi connectivity index (χ1v) is 9.57. The molecule has 27 heavy (non-hydrogen) atoms. The highest BCUT2D eigenvalue weighted by Gasteiger charge is 2.33. The van der Waals surface area contributed by atoms with Crippen LogP contribution in [0.1, 0.15) is 41.6 Å². The Bertz CT molecular complexity index is 811. The average molecular weight is 367 g/mol. The summed E-state index contributed by atoms with van der Waals surface area (Å²) in [5.74, 6) is 1.40. The second-order valence-electron chi connectivity index (χ2n) is 7.24. The Balaban J connectivity index is 1.37. The van der Waals surface area contributed by atoms with Gasteiger partial charge in [-0.1, -0.05) is 24.3 Å². The van der Waals surface area contributed by atoms with Crippen LogP contribution in [0.25, 0.3) is 0 Å². The van der Waals surface area contributed by atoms with E-state index < -0.39 is 6.10 Å². The van der Waals surface area contributed by atoms with E-state index >= 15 is 0 Å². The van der Waals surface area contributed by atoms with Crippen LogP contribution in [-0.4, -0.2) is 46.6 Å². The monoisotopic (exact) mass is 367 g/mol. The molecule has 0 aliphatic carbocycles. The Labute approximate surface area is 159 Å². The van der Waals surface area contributed by atoms with Gasteiger partial charge in [0.05, 0.1) is 6.61 Å². The highest BCUT2D eigenvalue weighted by molar-refractivity contribution is 5.83. The molecule has 1 aromatic carbocycles. The first-order valence-electron chi connectivity index (χ1n) is 9.57. The number of fused-ring (bicyclic) bond motifs is 1. The molecule has 1 aromatic heterocycles. The Morgan fingerprint density at radius 1 is 1.19 bits per heavy atom. The van der Waals surface area contributed by atoms with Crippen LogP contribution >= 0.6 is 0 Å². The summed E-state index contributed by atoms with van der Waals surface area (Å²) in [7, 11) is 0. The van der Waals surface area contributed by atoms with Crippen LogP contribution in [0.3, 0.4) is 0 Å². The van der Waals surface area contributed by atoms with Crippen molar-refractivity contribution in [2.45, 2.75) is 45.3 Å². The van der Waals surface area contributed by atoms with E-state index in [1.54, 1.807) is 0 Å². The number of carbonyl (C=O) groups is 1. The van der Waals surface area contributed by atoms with Crippen LogP contribution in [0.5, 0.6) is 5.88 Å². The van der Waals surface area contributed by atoms with Gasteiger partial charge >= 0.3 is 0 Å². The van der Waals surface area contributed by atoms with Crippen LogP contribution in [-0.2, 0) is 16.0 Å². The molecule has 2 aliphatic heterocycles. The van der Waals surface area contributed by atoms with Crippen molar-refractivity contribution in [2.75, 3.05) is 19.7 Å². The number of piperidine rings is 1. The van der Waals surface area contributed by atoms with Gasteiger partial charge in [-0.25, -0.2) is 4.98 Å². The third kappa shape index (κ3) is 3.95. The summed E-state index contributed by atoms with van der Waals surface area (Å²) in [6, 6.07) is 9.94. The minimum Gasteiger partial charge on any atom is -0.474 e. The van der Waals surface area contributed by atoms with Crippen molar-refractivity contribution in [3.63, 3.8) is 0 Å². The van der Waals surface area contributed by atoms with Gasteiger partial charge < -0.3 is 14.4 Å². The number of hydrogen-bond donors (Lipinski definition) is 0. The summed E-state index contributed by atoms with van der Waals surface area (Å²) in [6.07, 6.45) is 2.06. The lowest BCUT2D eigenvalue weighted by Gasteiger charge is -2.35. The molecule has 3 heterocycles. The summed E-state index contributed by atoms with van der Waals surface area (Å²) >= 11 is 0. The third-order valence-corrected chi connectivity index (χ3v) is 5.20. The molecule has 0 N–H and O–H groups in total. The van der Waals surface area contributed by atoms with E-state index in [9.17, 15) is 4.79 Å². The molecule has 1 fully saturated rings. The lowest BCUT2D eigenvalue weighted by Crippen LogP contribution is -2.45. The first-order chi connectivity index (χ1) is 13.1. The second-order valence-corrected chi connectivity index (χ2v) is 7.24. The maximum atomic E-state index is 13.0. The van der Waals surface area contributed by atoms with E-state index in [0.717, 1.165) is 30.5 Å². The van der Waals surface area contributed by atoms with Gasteiger partial charge in [-0.05, 0) is 31.4 Å². The number of benzene rings is 1. The number of amides is 1. The summed E-state index contributed by atoms with van der Waals surface area (Å²) < 4.78 is 11.9. The van der Waals surface area contributed by atoms with Crippen LogP contribution in [0.15, 0.2) is 30.3 Å². The number of nitrogens with zero attached hydrogens (tertiary/aromatic N) is 3. The van der Waals surface area contributed by atoms with E-state index in [1.165, 1.54) is 5.56 Å². The fraction of sp³-hybridized carbons (Fsp3) is 0.476. The largest absolute Gasteiger partial charge is 0.474 e. The lowest BCUT2D eigenvalue weighted by atomic mass is 9.96. The van der Waals surface area contributed by atoms with E-state index in [-0.39, 0.29) is 12.0 Å². The molecule has 0 bridgehead atoms. The molecule has 6 heteroatoms. The molecule has 142 valence electrons. The van der Waals surface area contributed by atoms with Crippen LogP contribution < -0.4 is 4.74 Å². The van der Waals surface area contributed by atoms with Gasteiger partial charge in [0.15, 0.2) is 6.10 Å². The Morgan fingerprint density at radius 2 is 1.96 bits per heavy atom. The number of aromatic nitrogens is 2. The van der Waals surface area contributed by atoms with Crippen molar-refractivity contribution < 1.29 is 14.3 Å². The molecule has 1 amide bonds. The summed E-state index contributed by atoms with van der Waals surface area (Å²) in [6.45, 7) is 5.75. The van der Waals surface area contributed by atoms with Crippen LogP contribution in [0.2, 0.25) is 0 Å². The maximum Gasteiger partial charge on any atom is 0.256 e. The highest BCUT2D eigenvalue weighted by atomic mass is 16.5. The van der Waals surface area contributed by atoms with Crippen molar-refractivity contribution in [1.29, 1.82) is 0 Å². The van der Waals surface area contributed by atoms with Gasteiger partial charge in [-0.3, -0.25) is 4.79 Å². The van der Waals surface area contributed by atoms with E-state index in [2.05, 4.69) is 16.0 Å². The summed E-state index contributed by atoms with van der Waals surface area (Å²) in [5, 5.41) is 0. The fourth-order valence-electron chi connectivity index (χ4n) is 3.87. The van der Waals surface area contributed by atoms with E-state index in [4.69, 9.17) is 9.47 Å². The molecule has 2 aromatic rings. The number of ether oxygens (including phenoxy) is 2. The molecule has 2 aliphatic rings. The van der Waals surface area contributed by atoms with E-state index in [0.29, 0.717) is 31.4 Å². The number of carbonyl (C=O) groups excluding carboxylic acids is 1. The molecule has 0 radical (unpaired) electrons. The highest BCUT2D eigenvalue weighted by Crippen LogP contribution is 2.30. The second kappa shape index (κ2) is 7.64. The predicted octanol–water partition coefficient (Wildman–Crippen LogP) is 2.78. The Kier molecular flexibility index (Phi) is 5.07. The third-order valence-electron chi connectivity index (χ3n) is 5.20. The van der Waals surface area contributed by atoms with Crippen molar-refractivity contribution in [1.82, 2.24) is 14.9 Å². The lowest BCUT2D eigenvalue weighted by molar-refractivity contribution is -0.147. The van der Waals surface area contributed by atoms with Crippen molar-refractivity contribution in [3.8, 4) is 5.88 Å². The molecule has 0 saturated carbocycles. The molecule has 1 unspecified atom stereocenters. The van der Waals surface area contributed by atoms with E-state index in [1.807, 2.05) is 43.0 Å². The molecule has 6 nitrogen and oxygen atoms in total. The minimum absolute atomic E-state index is 0.0642. The maximum absolute atomic E-state index is 13.0. The zero-order valence-corrected chi connectivity index (χ0v) is 15.9. The van der Waals surface area contributed by atoms with Gasteiger partial charge in [-0.2, -0.15) is 4.98 Å². The minimum atomic E-state index is -0.473. The molecular formula is C21H25N3O3. The zero-order chi connectivity index (χ0) is 18.8. The van der Waals surface area contributed by atoms with Crippen molar-refractivity contribution in [2.24, 2.45) is 0 Å². The normalized spacial score (nSPS) is 20.2. The predicted molar refractivity (Wildman–Crippen MR) is 101 cm³/mol. The van der Waals surface area contributed by atoms with Gasteiger partial charge in [0, 0.05) is 37.7 Å². The fourth-order valence-corrected chi connectivity index (χ4v) is 3.87. The number of likely N-dealkylation sites (tertiary alicyclic amines) is 1. The number of rotatable bonds is 3. The smallest absolute Gasteiger partial charge is 0.256 e. The molecular weight excluding hydrogens is 342 g/mol. The van der Waals surface area contributed by atoms with Crippen LogP contribution in [0.4, 0.5) is 0 Å². The number of aryl methyl sites for hydroxylation is 2. The van der Waals surface area contributed by atoms with Crippen LogP contribution in [0, 0.1) is 13.8 Å². The Hall–Kier alpha value is -2.47. The van der Waals surface area contributed by atoms with Crippen molar-refractivity contribution >= 4 is 5.91 Å². The van der Waals surface area contributed by atoms with Gasteiger partial charge in [0.2, 0.25) is 5.88 Å². The molecule has 1 atom stereocenters. The number of hydrogen-bond acceptors (Lipinski definition) is 5. The standard InChI is InChI=1S/C21H25N3O3/c1-14-13-19(23-15(2)22-14)27-17-7-10-24(11-8-17)21(25)20-18-6-4-3-5-16(18)9-12-26-20/h3-6,13,17,20H,7-12H2,1-2H3. The van der Waals surface area contributed by atoms with Crippen molar-refractivity contribution in [3.05, 3.63) is 53.0 Å². The SMILES string of the molecule is Cc1cc(OC2CCN(C(=O)C3OCCc4ccccc43)CC2)nc(C)n1. The summed E-state index contributed by atoms with van der Waals surface area (Å²) in [5.41, 5.74) is 3.13.